The van der Waals surface area contributed by atoms with Crippen molar-refractivity contribution in [1.29, 1.82) is 0 Å². The number of ether oxygens (including phenoxy) is 1. The lowest BCUT2D eigenvalue weighted by Crippen LogP contribution is -2.35. The molecule has 4 nitrogen and oxygen atoms in total. The second kappa shape index (κ2) is 10.5. The van der Waals surface area contributed by atoms with Gasteiger partial charge in [-0.05, 0) is 75.5 Å². The van der Waals surface area contributed by atoms with Gasteiger partial charge in [0.2, 0.25) is 0 Å². The van der Waals surface area contributed by atoms with E-state index in [0.717, 1.165) is 12.8 Å². The Hall–Kier alpha value is -1.39. The molecule has 33 heavy (non-hydrogen) atoms. The van der Waals surface area contributed by atoms with E-state index in [-0.39, 0.29) is 18.0 Å². The molecule has 186 valence electrons. The van der Waals surface area contributed by atoms with Crippen molar-refractivity contribution in [3.63, 3.8) is 0 Å². The third-order valence-electron chi connectivity index (χ3n) is 8.88. The fourth-order valence-electron chi connectivity index (χ4n) is 6.69. The Morgan fingerprint density at radius 2 is 1.91 bits per heavy atom. The molecule has 0 radical (unpaired) electrons. The van der Waals surface area contributed by atoms with Gasteiger partial charge in [-0.2, -0.15) is 0 Å². The van der Waals surface area contributed by atoms with Crippen LogP contribution in [0, 0.1) is 29.1 Å². The van der Waals surface area contributed by atoms with Crippen molar-refractivity contribution in [1.82, 2.24) is 0 Å². The molecule has 7 atom stereocenters. The summed E-state index contributed by atoms with van der Waals surface area (Å²) >= 11 is 0. The van der Waals surface area contributed by atoms with E-state index < -0.39 is 11.7 Å². The molecule has 0 aliphatic heterocycles. The summed E-state index contributed by atoms with van der Waals surface area (Å²) in [6.07, 6.45) is 16.6. The fourth-order valence-corrected chi connectivity index (χ4v) is 6.69. The number of rotatable bonds is 6. The number of allylic oxidation sites excluding steroid dienone is 4. The van der Waals surface area contributed by atoms with Gasteiger partial charge in [0.1, 0.15) is 6.10 Å². The second-order valence-corrected chi connectivity index (χ2v) is 11.9. The number of hydrogen-bond donors (Lipinski definition) is 2. The van der Waals surface area contributed by atoms with Crippen molar-refractivity contribution in [2.75, 3.05) is 0 Å². The van der Waals surface area contributed by atoms with Crippen LogP contribution in [-0.4, -0.2) is 34.0 Å². The standard InChI is InChI=1S/C29H46O4/c1-19(9-10-20(2)28(4,5)32)26-13-14-27-23(8-7-15-29(26,27)6)12-11-22-16-24(31)18-25(17-22)33-21(3)30/h9-12,19-20,24-27,31-32H,7-8,13-18H2,1-6H3/b10-9+,22-11?,23-12+/t19-,20+,24-,25-,26-,27+,29-/m1/s1. The molecule has 2 N–H and O–H groups in total. The molecular weight excluding hydrogens is 412 g/mol. The van der Waals surface area contributed by atoms with Crippen molar-refractivity contribution < 1.29 is 19.7 Å². The summed E-state index contributed by atoms with van der Waals surface area (Å²) in [5.41, 5.74) is 2.37. The van der Waals surface area contributed by atoms with Crippen LogP contribution >= 0.6 is 0 Å². The van der Waals surface area contributed by atoms with Crippen LogP contribution in [-0.2, 0) is 9.53 Å². The molecule has 0 bridgehead atoms. The zero-order chi connectivity index (χ0) is 24.4. The minimum Gasteiger partial charge on any atom is -0.462 e. The van der Waals surface area contributed by atoms with E-state index in [0.29, 0.717) is 36.0 Å². The first-order chi connectivity index (χ1) is 15.4. The van der Waals surface area contributed by atoms with Crippen molar-refractivity contribution in [3.05, 3.63) is 35.5 Å². The van der Waals surface area contributed by atoms with Gasteiger partial charge in [0, 0.05) is 25.7 Å². The Morgan fingerprint density at radius 3 is 2.58 bits per heavy atom. The topological polar surface area (TPSA) is 66.8 Å². The predicted molar refractivity (Wildman–Crippen MR) is 134 cm³/mol. The maximum atomic E-state index is 11.4. The highest BCUT2D eigenvalue weighted by atomic mass is 16.5. The molecule has 0 saturated heterocycles. The minimum atomic E-state index is -0.687. The van der Waals surface area contributed by atoms with Gasteiger partial charge in [-0.3, -0.25) is 4.79 Å². The monoisotopic (exact) mass is 458 g/mol. The van der Waals surface area contributed by atoms with Crippen LogP contribution < -0.4 is 0 Å². The van der Waals surface area contributed by atoms with Gasteiger partial charge in [0.25, 0.3) is 0 Å². The number of aliphatic hydroxyl groups excluding tert-OH is 1. The van der Waals surface area contributed by atoms with Gasteiger partial charge in [0.05, 0.1) is 11.7 Å². The first-order valence-corrected chi connectivity index (χ1v) is 13.0. The predicted octanol–water partition coefficient (Wildman–Crippen LogP) is 6.13. The fraction of sp³-hybridized carbons (Fsp3) is 0.759. The molecule has 4 heteroatoms. The third kappa shape index (κ3) is 6.39. The van der Waals surface area contributed by atoms with Crippen LogP contribution in [0.1, 0.15) is 92.9 Å². The molecular formula is C29H46O4. The maximum absolute atomic E-state index is 11.4. The van der Waals surface area contributed by atoms with Gasteiger partial charge >= 0.3 is 5.97 Å². The second-order valence-electron chi connectivity index (χ2n) is 11.9. The number of aliphatic hydroxyl groups is 2. The lowest BCUT2D eigenvalue weighted by Gasteiger charge is -2.44. The van der Waals surface area contributed by atoms with Crippen LogP contribution in [0.15, 0.2) is 35.5 Å². The quantitative estimate of drug-likeness (QED) is 0.371. The smallest absolute Gasteiger partial charge is 0.302 e. The lowest BCUT2D eigenvalue weighted by molar-refractivity contribution is -0.148. The van der Waals surface area contributed by atoms with E-state index in [4.69, 9.17) is 4.74 Å². The summed E-state index contributed by atoms with van der Waals surface area (Å²) in [6, 6.07) is 0. The van der Waals surface area contributed by atoms with E-state index in [2.05, 4.69) is 45.1 Å². The van der Waals surface area contributed by atoms with Crippen molar-refractivity contribution in [2.45, 2.75) is 111 Å². The maximum Gasteiger partial charge on any atom is 0.302 e. The van der Waals surface area contributed by atoms with Gasteiger partial charge in [-0.25, -0.2) is 0 Å². The Balaban J connectivity index is 1.72. The average Bonchev–Trinajstić information content (AvgIpc) is 3.06. The summed E-state index contributed by atoms with van der Waals surface area (Å²) in [5.74, 6) is 1.65. The minimum absolute atomic E-state index is 0.139. The highest BCUT2D eigenvalue weighted by Gasteiger charge is 2.50. The van der Waals surface area contributed by atoms with Crippen molar-refractivity contribution >= 4 is 5.97 Å². The molecule has 0 amide bonds. The normalized spacial score (nSPS) is 37.3. The Bertz CT molecular complexity index is 786. The van der Waals surface area contributed by atoms with Crippen LogP contribution in [0.4, 0.5) is 0 Å². The molecule has 0 unspecified atom stereocenters. The molecule has 3 aliphatic rings. The first kappa shape index (κ1) is 26.2. The molecule has 3 aliphatic carbocycles. The lowest BCUT2D eigenvalue weighted by atomic mass is 9.61. The van der Waals surface area contributed by atoms with Gasteiger partial charge in [-0.1, -0.05) is 56.2 Å². The number of carbonyl (C=O) groups is 1. The molecule has 0 heterocycles. The van der Waals surface area contributed by atoms with E-state index >= 15 is 0 Å². The molecule has 3 saturated carbocycles. The van der Waals surface area contributed by atoms with Gasteiger partial charge in [-0.15, -0.1) is 0 Å². The van der Waals surface area contributed by atoms with Crippen molar-refractivity contribution in [3.8, 4) is 0 Å². The van der Waals surface area contributed by atoms with Crippen LogP contribution in [0.5, 0.6) is 0 Å². The number of hydrogen-bond acceptors (Lipinski definition) is 4. The van der Waals surface area contributed by atoms with E-state index in [1.165, 1.54) is 38.2 Å². The molecule has 0 spiro atoms. The summed E-state index contributed by atoms with van der Waals surface area (Å²) in [6.45, 7) is 12.1. The first-order valence-electron chi connectivity index (χ1n) is 13.0. The van der Waals surface area contributed by atoms with Crippen molar-refractivity contribution in [2.24, 2.45) is 29.1 Å². The zero-order valence-electron chi connectivity index (χ0n) is 21.6. The zero-order valence-corrected chi connectivity index (χ0v) is 21.6. The summed E-state index contributed by atoms with van der Waals surface area (Å²) in [4.78, 5) is 11.4. The number of carbonyl (C=O) groups excluding carboxylic acids is 1. The van der Waals surface area contributed by atoms with Crippen LogP contribution in [0.3, 0.4) is 0 Å². The molecule has 0 aromatic carbocycles. The SMILES string of the molecule is CC(=O)O[C@@H]1CC(=C/C=C2\CCC[C@]3(C)[C@@H]([C@H](C)/C=C/[C@H](C)C(C)(C)O)CC[C@@H]23)C[C@@H](O)C1. The highest BCUT2D eigenvalue weighted by molar-refractivity contribution is 5.66. The third-order valence-corrected chi connectivity index (χ3v) is 8.88. The van der Waals surface area contributed by atoms with E-state index in [1.807, 2.05) is 13.8 Å². The van der Waals surface area contributed by atoms with Gasteiger partial charge in [0.15, 0.2) is 0 Å². The number of fused-ring (bicyclic) bond motifs is 1. The van der Waals surface area contributed by atoms with Crippen LogP contribution in [0.2, 0.25) is 0 Å². The highest BCUT2D eigenvalue weighted by Crippen LogP contribution is 2.59. The van der Waals surface area contributed by atoms with Gasteiger partial charge < -0.3 is 14.9 Å². The van der Waals surface area contributed by atoms with E-state index in [9.17, 15) is 15.0 Å². The molecule has 0 aromatic rings. The summed E-state index contributed by atoms with van der Waals surface area (Å²) in [5, 5.41) is 20.5. The Morgan fingerprint density at radius 1 is 1.18 bits per heavy atom. The molecule has 3 fully saturated rings. The molecule has 3 rings (SSSR count). The summed E-state index contributed by atoms with van der Waals surface area (Å²) in [7, 11) is 0. The Kier molecular flexibility index (Phi) is 8.32. The number of esters is 1. The average molecular weight is 459 g/mol. The summed E-state index contributed by atoms with van der Waals surface area (Å²) < 4.78 is 5.39. The van der Waals surface area contributed by atoms with Crippen LogP contribution in [0.25, 0.3) is 0 Å². The largest absolute Gasteiger partial charge is 0.462 e. The van der Waals surface area contributed by atoms with E-state index in [1.54, 1.807) is 5.57 Å². The molecule has 0 aromatic heterocycles. The Labute approximate surface area is 201 Å².